The molecule has 0 heterocycles. The van der Waals surface area contributed by atoms with Gasteiger partial charge in [0.15, 0.2) is 0 Å². The number of rotatable bonds is 6. The summed E-state index contributed by atoms with van der Waals surface area (Å²) in [5, 5.41) is 9.09. The van der Waals surface area contributed by atoms with E-state index >= 15 is 0 Å². The zero-order valence-corrected chi connectivity index (χ0v) is 13.0. The summed E-state index contributed by atoms with van der Waals surface area (Å²) in [5.74, 6) is -0.307. The average Bonchev–Trinajstić information content (AvgIpc) is 2.92. The highest BCUT2D eigenvalue weighted by molar-refractivity contribution is 5.94. The van der Waals surface area contributed by atoms with Gasteiger partial charge in [0.1, 0.15) is 0 Å². The molecule has 0 saturated heterocycles. The quantitative estimate of drug-likeness (QED) is 0.783. The van der Waals surface area contributed by atoms with Gasteiger partial charge in [-0.25, -0.2) is 4.79 Å². The molecule has 1 aromatic rings. The summed E-state index contributed by atoms with van der Waals surface area (Å²) in [6.45, 7) is 5.47. The standard InChI is InChI=1S/C17H26N2O2/c1-12(2)9-10-19(13-5-3-4-6-13)14-7-8-15(17(20)21)16(18)11-14/h7-8,11-13H,3-6,9-10,18H2,1-2H3,(H,20,21). The van der Waals surface area contributed by atoms with Crippen LogP contribution in [0.2, 0.25) is 0 Å². The maximum Gasteiger partial charge on any atom is 0.337 e. The van der Waals surface area contributed by atoms with Crippen LogP contribution < -0.4 is 10.6 Å². The maximum absolute atomic E-state index is 11.1. The highest BCUT2D eigenvalue weighted by Gasteiger charge is 2.23. The van der Waals surface area contributed by atoms with Crippen molar-refractivity contribution in [2.24, 2.45) is 5.92 Å². The van der Waals surface area contributed by atoms with Crippen LogP contribution in [0, 0.1) is 5.92 Å². The highest BCUT2D eigenvalue weighted by Crippen LogP contribution is 2.30. The second-order valence-corrected chi connectivity index (χ2v) is 6.39. The van der Waals surface area contributed by atoms with Gasteiger partial charge in [-0.3, -0.25) is 0 Å². The summed E-state index contributed by atoms with van der Waals surface area (Å²) in [6.07, 6.45) is 6.14. The SMILES string of the molecule is CC(C)CCN(c1ccc(C(=O)O)c(N)c1)C1CCCC1. The van der Waals surface area contributed by atoms with Gasteiger partial charge in [-0.05, 0) is 43.4 Å². The molecule has 0 aliphatic heterocycles. The fourth-order valence-corrected chi connectivity index (χ4v) is 3.06. The van der Waals surface area contributed by atoms with Crippen LogP contribution in [-0.2, 0) is 0 Å². The van der Waals surface area contributed by atoms with Crippen molar-refractivity contribution in [2.75, 3.05) is 17.2 Å². The first-order valence-electron chi connectivity index (χ1n) is 7.88. The van der Waals surface area contributed by atoms with Crippen molar-refractivity contribution in [1.82, 2.24) is 0 Å². The Hall–Kier alpha value is -1.71. The Labute approximate surface area is 126 Å². The minimum absolute atomic E-state index is 0.189. The minimum atomic E-state index is -0.964. The van der Waals surface area contributed by atoms with E-state index in [9.17, 15) is 4.79 Å². The van der Waals surface area contributed by atoms with E-state index in [1.165, 1.54) is 25.7 Å². The van der Waals surface area contributed by atoms with E-state index in [0.717, 1.165) is 18.7 Å². The summed E-state index contributed by atoms with van der Waals surface area (Å²) < 4.78 is 0. The van der Waals surface area contributed by atoms with E-state index < -0.39 is 5.97 Å². The molecule has 4 nitrogen and oxygen atoms in total. The van der Waals surface area contributed by atoms with Crippen LogP contribution >= 0.6 is 0 Å². The molecule has 0 unspecified atom stereocenters. The Bertz CT molecular complexity index is 494. The zero-order valence-electron chi connectivity index (χ0n) is 13.0. The molecular weight excluding hydrogens is 264 g/mol. The lowest BCUT2D eigenvalue weighted by atomic mass is 10.1. The third-order valence-electron chi connectivity index (χ3n) is 4.31. The van der Waals surface area contributed by atoms with Crippen LogP contribution in [0.5, 0.6) is 0 Å². The van der Waals surface area contributed by atoms with E-state index in [1.807, 2.05) is 12.1 Å². The lowest BCUT2D eigenvalue weighted by molar-refractivity contribution is 0.0698. The Morgan fingerprint density at radius 1 is 1.38 bits per heavy atom. The number of aromatic carboxylic acids is 1. The molecule has 0 aromatic heterocycles. The van der Waals surface area contributed by atoms with E-state index in [4.69, 9.17) is 10.8 Å². The van der Waals surface area contributed by atoms with Crippen LogP contribution in [0.25, 0.3) is 0 Å². The van der Waals surface area contributed by atoms with Gasteiger partial charge >= 0.3 is 5.97 Å². The topological polar surface area (TPSA) is 66.6 Å². The number of nitrogens with two attached hydrogens (primary N) is 1. The van der Waals surface area contributed by atoms with Gasteiger partial charge in [0.2, 0.25) is 0 Å². The molecule has 4 heteroatoms. The van der Waals surface area contributed by atoms with E-state index in [1.54, 1.807) is 6.07 Å². The van der Waals surface area contributed by atoms with Crippen molar-refractivity contribution < 1.29 is 9.90 Å². The molecule has 1 saturated carbocycles. The van der Waals surface area contributed by atoms with Crippen LogP contribution in [0.1, 0.15) is 56.3 Å². The largest absolute Gasteiger partial charge is 0.478 e. The summed E-state index contributed by atoms with van der Waals surface area (Å²) in [6, 6.07) is 5.92. The Kier molecular flexibility index (Phi) is 5.10. The van der Waals surface area contributed by atoms with Gasteiger partial charge in [-0.2, -0.15) is 0 Å². The van der Waals surface area contributed by atoms with Crippen LogP contribution in [0.3, 0.4) is 0 Å². The molecule has 3 N–H and O–H groups in total. The number of carbonyl (C=O) groups is 1. The highest BCUT2D eigenvalue weighted by atomic mass is 16.4. The molecule has 1 aliphatic carbocycles. The third kappa shape index (κ3) is 3.90. The fraction of sp³-hybridized carbons (Fsp3) is 0.588. The number of nitrogen functional groups attached to an aromatic ring is 1. The molecule has 0 bridgehead atoms. The summed E-state index contributed by atoms with van der Waals surface area (Å²) >= 11 is 0. The monoisotopic (exact) mass is 290 g/mol. The van der Waals surface area contributed by atoms with Crippen molar-refractivity contribution in [2.45, 2.75) is 52.0 Å². The molecular formula is C17H26N2O2. The van der Waals surface area contributed by atoms with Crippen molar-refractivity contribution in [3.63, 3.8) is 0 Å². The molecule has 0 radical (unpaired) electrons. The van der Waals surface area contributed by atoms with E-state index in [0.29, 0.717) is 17.6 Å². The first-order valence-corrected chi connectivity index (χ1v) is 7.88. The number of carboxylic acid groups (broad SMARTS) is 1. The number of anilines is 2. The van der Waals surface area contributed by atoms with Crippen LogP contribution in [0.15, 0.2) is 18.2 Å². The van der Waals surface area contributed by atoms with E-state index in [-0.39, 0.29) is 5.56 Å². The van der Waals surface area contributed by atoms with Gasteiger partial charge in [0.05, 0.1) is 5.56 Å². The molecule has 0 amide bonds. The van der Waals surface area contributed by atoms with Gasteiger partial charge in [-0.15, -0.1) is 0 Å². The van der Waals surface area contributed by atoms with Gasteiger partial charge in [0, 0.05) is 24.0 Å². The van der Waals surface area contributed by atoms with Crippen LogP contribution in [-0.4, -0.2) is 23.7 Å². The lowest BCUT2D eigenvalue weighted by Gasteiger charge is -2.32. The molecule has 116 valence electrons. The molecule has 1 aromatic carbocycles. The Morgan fingerprint density at radius 2 is 2.05 bits per heavy atom. The van der Waals surface area contributed by atoms with Gasteiger partial charge in [0.25, 0.3) is 0 Å². The van der Waals surface area contributed by atoms with Gasteiger partial charge < -0.3 is 15.7 Å². The van der Waals surface area contributed by atoms with Crippen molar-refractivity contribution in [3.8, 4) is 0 Å². The third-order valence-corrected chi connectivity index (χ3v) is 4.31. The first-order chi connectivity index (χ1) is 9.99. The van der Waals surface area contributed by atoms with Crippen molar-refractivity contribution >= 4 is 17.3 Å². The van der Waals surface area contributed by atoms with E-state index in [2.05, 4.69) is 18.7 Å². The predicted molar refractivity (Wildman–Crippen MR) is 86.9 cm³/mol. The normalized spacial score (nSPS) is 15.6. The molecule has 2 rings (SSSR count). The van der Waals surface area contributed by atoms with Crippen LogP contribution in [0.4, 0.5) is 11.4 Å². The summed E-state index contributed by atoms with van der Waals surface area (Å²) in [7, 11) is 0. The second-order valence-electron chi connectivity index (χ2n) is 6.39. The maximum atomic E-state index is 11.1. The number of nitrogens with zero attached hydrogens (tertiary/aromatic N) is 1. The minimum Gasteiger partial charge on any atom is -0.478 e. The average molecular weight is 290 g/mol. The first kappa shape index (κ1) is 15.7. The number of benzene rings is 1. The number of carboxylic acids is 1. The Morgan fingerprint density at radius 3 is 2.57 bits per heavy atom. The van der Waals surface area contributed by atoms with Gasteiger partial charge in [-0.1, -0.05) is 26.7 Å². The molecule has 0 atom stereocenters. The smallest absolute Gasteiger partial charge is 0.337 e. The van der Waals surface area contributed by atoms with Crippen molar-refractivity contribution in [3.05, 3.63) is 23.8 Å². The zero-order chi connectivity index (χ0) is 15.4. The molecule has 0 spiro atoms. The van der Waals surface area contributed by atoms with Crippen molar-refractivity contribution in [1.29, 1.82) is 0 Å². The molecule has 1 aliphatic rings. The predicted octanol–water partition coefficient (Wildman–Crippen LogP) is 3.76. The Balaban J connectivity index is 2.22. The summed E-state index contributed by atoms with van der Waals surface area (Å²) in [5.41, 5.74) is 7.51. The molecule has 1 fully saturated rings. The fourth-order valence-electron chi connectivity index (χ4n) is 3.06. The second kappa shape index (κ2) is 6.83. The molecule has 21 heavy (non-hydrogen) atoms. The lowest BCUT2D eigenvalue weighted by Crippen LogP contribution is -2.34. The summed E-state index contributed by atoms with van der Waals surface area (Å²) in [4.78, 5) is 13.5. The number of hydrogen-bond donors (Lipinski definition) is 2. The number of hydrogen-bond acceptors (Lipinski definition) is 3.